The minimum atomic E-state index is 0.192. The minimum Gasteiger partial charge on any atom is -0.336 e. The van der Waals surface area contributed by atoms with Gasteiger partial charge in [-0.1, -0.05) is 24.6 Å². The summed E-state index contributed by atoms with van der Waals surface area (Å²) in [6.07, 6.45) is 4.02. The van der Waals surface area contributed by atoms with Crippen molar-refractivity contribution in [2.24, 2.45) is 0 Å². The van der Waals surface area contributed by atoms with Crippen LogP contribution in [0.1, 0.15) is 35.2 Å². The highest BCUT2D eigenvalue weighted by molar-refractivity contribution is 5.95. The van der Waals surface area contributed by atoms with Gasteiger partial charge in [-0.25, -0.2) is 0 Å². The van der Waals surface area contributed by atoms with E-state index in [1.165, 1.54) is 25.8 Å². The number of benzene rings is 1. The Hall–Kier alpha value is -1.39. The summed E-state index contributed by atoms with van der Waals surface area (Å²) >= 11 is 0. The molecule has 2 saturated heterocycles. The number of piperidine rings is 1. The number of rotatable bonds is 3. The second-order valence-corrected chi connectivity index (χ2v) is 7.04. The van der Waals surface area contributed by atoms with Gasteiger partial charge in [-0.2, -0.15) is 0 Å². The van der Waals surface area contributed by atoms with Crippen molar-refractivity contribution >= 4 is 5.91 Å². The molecular formula is C19H29N3O. The van der Waals surface area contributed by atoms with Crippen molar-refractivity contribution in [3.8, 4) is 0 Å². The van der Waals surface area contributed by atoms with Gasteiger partial charge in [0.05, 0.1) is 0 Å². The van der Waals surface area contributed by atoms with Crippen molar-refractivity contribution in [3.05, 3.63) is 35.4 Å². The highest BCUT2D eigenvalue weighted by Gasteiger charge is 2.26. The van der Waals surface area contributed by atoms with Crippen LogP contribution in [0.5, 0.6) is 0 Å². The fraction of sp³-hybridized carbons (Fsp3) is 0.632. The van der Waals surface area contributed by atoms with Crippen molar-refractivity contribution in [2.45, 2.75) is 32.2 Å². The Bertz CT molecular complexity index is 537. The Morgan fingerprint density at radius 1 is 1.09 bits per heavy atom. The first-order valence-corrected chi connectivity index (χ1v) is 8.92. The Morgan fingerprint density at radius 3 is 2.52 bits per heavy atom. The lowest BCUT2D eigenvalue weighted by Crippen LogP contribution is -2.53. The molecule has 0 aliphatic carbocycles. The topological polar surface area (TPSA) is 26.8 Å². The lowest BCUT2D eigenvalue weighted by atomic mass is 10.0. The van der Waals surface area contributed by atoms with Gasteiger partial charge in [-0.3, -0.25) is 9.69 Å². The highest BCUT2D eigenvalue weighted by Crippen LogP contribution is 2.18. The molecule has 2 aliphatic rings. The van der Waals surface area contributed by atoms with Crippen LogP contribution in [0, 0.1) is 6.92 Å². The molecule has 2 aliphatic heterocycles. The highest BCUT2D eigenvalue weighted by atomic mass is 16.2. The molecule has 1 aromatic rings. The summed E-state index contributed by atoms with van der Waals surface area (Å²) in [5.41, 5.74) is 1.93. The lowest BCUT2D eigenvalue weighted by Gasteiger charge is -2.40. The van der Waals surface area contributed by atoms with Crippen molar-refractivity contribution in [2.75, 3.05) is 46.3 Å². The van der Waals surface area contributed by atoms with E-state index in [-0.39, 0.29) is 5.91 Å². The van der Waals surface area contributed by atoms with E-state index in [9.17, 15) is 4.79 Å². The summed E-state index contributed by atoms with van der Waals surface area (Å²) in [7, 11) is 2.25. The molecule has 0 spiro atoms. The van der Waals surface area contributed by atoms with E-state index < -0.39 is 0 Å². The molecule has 2 fully saturated rings. The van der Waals surface area contributed by atoms with E-state index in [1.54, 1.807) is 0 Å². The summed E-state index contributed by atoms with van der Waals surface area (Å²) < 4.78 is 0. The van der Waals surface area contributed by atoms with Crippen molar-refractivity contribution in [3.63, 3.8) is 0 Å². The van der Waals surface area contributed by atoms with Crippen LogP contribution < -0.4 is 0 Å². The molecular weight excluding hydrogens is 286 g/mol. The van der Waals surface area contributed by atoms with Gasteiger partial charge < -0.3 is 9.80 Å². The zero-order chi connectivity index (χ0) is 16.2. The summed E-state index contributed by atoms with van der Waals surface area (Å²) in [6, 6.07) is 8.60. The third-order valence-electron chi connectivity index (χ3n) is 5.43. The van der Waals surface area contributed by atoms with Crippen molar-refractivity contribution in [1.82, 2.24) is 14.7 Å². The van der Waals surface area contributed by atoms with Gasteiger partial charge in [0.2, 0.25) is 0 Å². The predicted octanol–water partition coefficient (Wildman–Crippen LogP) is 2.24. The van der Waals surface area contributed by atoms with E-state index in [1.807, 2.05) is 36.1 Å². The SMILES string of the molecule is Cc1ccccc1C(=O)N1CCN(C[C@@H]2CCCCN2C)CC1. The number of likely N-dealkylation sites (tertiary alicyclic amines) is 1. The first kappa shape index (κ1) is 16.5. The molecule has 0 N–H and O–H groups in total. The molecule has 23 heavy (non-hydrogen) atoms. The Balaban J connectivity index is 1.52. The van der Waals surface area contributed by atoms with Crippen LogP contribution in [-0.4, -0.2) is 73.0 Å². The number of hydrogen-bond donors (Lipinski definition) is 0. The van der Waals surface area contributed by atoms with Crippen molar-refractivity contribution < 1.29 is 4.79 Å². The number of carbonyl (C=O) groups excluding carboxylic acids is 1. The Morgan fingerprint density at radius 2 is 1.83 bits per heavy atom. The third kappa shape index (κ3) is 3.93. The molecule has 0 radical (unpaired) electrons. The van der Waals surface area contributed by atoms with Gasteiger partial charge in [0.25, 0.3) is 5.91 Å². The lowest BCUT2D eigenvalue weighted by molar-refractivity contribution is 0.0564. The van der Waals surface area contributed by atoms with Crippen LogP contribution in [0.2, 0.25) is 0 Å². The zero-order valence-electron chi connectivity index (χ0n) is 14.5. The maximum atomic E-state index is 12.7. The summed E-state index contributed by atoms with van der Waals surface area (Å²) in [5, 5.41) is 0. The van der Waals surface area contributed by atoms with E-state index in [4.69, 9.17) is 0 Å². The van der Waals surface area contributed by atoms with Gasteiger partial charge in [0.1, 0.15) is 0 Å². The summed E-state index contributed by atoms with van der Waals surface area (Å²) in [6.45, 7) is 8.11. The van der Waals surface area contributed by atoms with Crippen LogP contribution >= 0.6 is 0 Å². The number of aryl methyl sites for hydroxylation is 1. The summed E-state index contributed by atoms with van der Waals surface area (Å²) in [5.74, 6) is 0.192. The molecule has 1 amide bonds. The van der Waals surface area contributed by atoms with Gasteiger partial charge in [0, 0.05) is 44.3 Å². The number of nitrogens with zero attached hydrogens (tertiary/aromatic N) is 3. The average Bonchev–Trinajstić information content (AvgIpc) is 2.57. The molecule has 4 heteroatoms. The Labute approximate surface area is 140 Å². The maximum absolute atomic E-state index is 12.7. The number of piperazine rings is 1. The third-order valence-corrected chi connectivity index (χ3v) is 5.43. The van der Waals surface area contributed by atoms with Gasteiger partial charge in [-0.05, 0) is 45.0 Å². The second-order valence-electron chi connectivity index (χ2n) is 7.04. The summed E-state index contributed by atoms with van der Waals surface area (Å²) in [4.78, 5) is 19.7. The normalized spacial score (nSPS) is 23.9. The maximum Gasteiger partial charge on any atom is 0.254 e. The number of likely N-dealkylation sites (N-methyl/N-ethyl adjacent to an activating group) is 1. The molecule has 0 bridgehead atoms. The van der Waals surface area contributed by atoms with Crippen molar-refractivity contribution in [1.29, 1.82) is 0 Å². The van der Waals surface area contributed by atoms with E-state index >= 15 is 0 Å². The van der Waals surface area contributed by atoms with Crippen LogP contribution in [0.25, 0.3) is 0 Å². The van der Waals surface area contributed by atoms with E-state index in [2.05, 4.69) is 16.8 Å². The molecule has 0 unspecified atom stereocenters. The molecule has 126 valence electrons. The first-order valence-electron chi connectivity index (χ1n) is 8.92. The fourth-order valence-corrected chi connectivity index (χ4v) is 3.79. The molecule has 3 rings (SSSR count). The van der Waals surface area contributed by atoms with Crippen LogP contribution in [0.4, 0.5) is 0 Å². The monoisotopic (exact) mass is 315 g/mol. The number of carbonyl (C=O) groups is 1. The Kier molecular flexibility index (Phi) is 5.34. The van der Waals surface area contributed by atoms with Gasteiger partial charge in [-0.15, -0.1) is 0 Å². The second kappa shape index (κ2) is 7.45. The molecule has 1 atom stereocenters. The van der Waals surface area contributed by atoms with Crippen LogP contribution in [0.15, 0.2) is 24.3 Å². The largest absolute Gasteiger partial charge is 0.336 e. The molecule has 4 nitrogen and oxygen atoms in total. The number of amides is 1. The molecule has 1 aromatic carbocycles. The minimum absolute atomic E-state index is 0.192. The standard InChI is InChI=1S/C19H29N3O/c1-16-7-3-4-9-18(16)19(23)22-13-11-21(12-14-22)15-17-8-5-6-10-20(17)2/h3-4,7,9,17H,5-6,8,10-15H2,1-2H3/t17-/m0/s1. The average molecular weight is 315 g/mol. The molecule has 0 saturated carbocycles. The quantitative estimate of drug-likeness (QED) is 0.856. The number of hydrogen-bond acceptors (Lipinski definition) is 3. The van der Waals surface area contributed by atoms with Crippen LogP contribution in [0.3, 0.4) is 0 Å². The fourth-order valence-electron chi connectivity index (χ4n) is 3.79. The zero-order valence-corrected chi connectivity index (χ0v) is 14.5. The van der Waals surface area contributed by atoms with E-state index in [0.717, 1.165) is 43.9 Å². The van der Waals surface area contributed by atoms with Crippen LogP contribution in [-0.2, 0) is 0 Å². The molecule has 2 heterocycles. The smallest absolute Gasteiger partial charge is 0.254 e. The molecule has 0 aromatic heterocycles. The first-order chi connectivity index (χ1) is 11.1. The van der Waals surface area contributed by atoms with Gasteiger partial charge >= 0.3 is 0 Å². The van der Waals surface area contributed by atoms with Gasteiger partial charge in [0.15, 0.2) is 0 Å². The van der Waals surface area contributed by atoms with E-state index in [0.29, 0.717) is 6.04 Å². The predicted molar refractivity (Wildman–Crippen MR) is 93.8 cm³/mol.